The lowest BCUT2D eigenvalue weighted by molar-refractivity contribution is 0.102. The molecule has 0 bridgehead atoms. The molecule has 9 heteroatoms. The van der Waals surface area contributed by atoms with Gasteiger partial charge in [0.15, 0.2) is 5.65 Å². The highest BCUT2D eigenvalue weighted by molar-refractivity contribution is 6.02. The van der Waals surface area contributed by atoms with Gasteiger partial charge in [0.1, 0.15) is 17.3 Å². The van der Waals surface area contributed by atoms with Crippen LogP contribution in [-0.4, -0.2) is 67.9 Å². The van der Waals surface area contributed by atoms with Crippen LogP contribution in [0, 0.1) is 19.8 Å². The van der Waals surface area contributed by atoms with E-state index in [9.17, 15) is 4.79 Å². The number of carbonyl (C=O) groups excluding carboxylic acids is 1. The highest BCUT2D eigenvalue weighted by atomic mass is 16.2. The number of aryl methyl sites for hydroxylation is 2. The molecule has 5 rings (SSSR count). The smallest absolute Gasteiger partial charge is 0.277 e. The fourth-order valence-electron chi connectivity index (χ4n) is 4.76. The topological polar surface area (TPSA) is 91.6 Å². The van der Waals surface area contributed by atoms with Gasteiger partial charge in [0.05, 0.1) is 30.0 Å². The maximum atomic E-state index is 12.6. The van der Waals surface area contributed by atoms with Gasteiger partial charge in [0, 0.05) is 31.2 Å². The Morgan fingerprint density at radius 1 is 1.10 bits per heavy atom. The van der Waals surface area contributed by atoms with Crippen molar-refractivity contribution in [3.63, 3.8) is 0 Å². The first-order valence-corrected chi connectivity index (χ1v) is 10.9. The standard InChI is InChI=1S/C22H28N8O/c1-14-10-30-13-19(26-15(2)21(30)25-14)27-22(31)17-8-24-20(9-23-17)29-11-16(12-29)18-6-4-5-7-28(18)3/h8-10,13,16,18H,4-7,11-12H2,1-3H3,(H,27,31). The number of hydrogen-bond donors (Lipinski definition) is 1. The molecular formula is C22H28N8O. The van der Waals surface area contributed by atoms with Gasteiger partial charge >= 0.3 is 0 Å². The summed E-state index contributed by atoms with van der Waals surface area (Å²) in [5.41, 5.74) is 2.71. The van der Waals surface area contributed by atoms with Crippen LogP contribution in [0.4, 0.5) is 11.6 Å². The molecule has 0 aromatic carbocycles. The fraction of sp³-hybridized carbons (Fsp3) is 0.500. The molecular weight excluding hydrogens is 392 g/mol. The summed E-state index contributed by atoms with van der Waals surface area (Å²) >= 11 is 0. The molecule has 3 aromatic heterocycles. The average molecular weight is 421 g/mol. The van der Waals surface area contributed by atoms with Crippen LogP contribution >= 0.6 is 0 Å². The number of amides is 1. The maximum absolute atomic E-state index is 12.6. The number of fused-ring (bicyclic) bond motifs is 1. The average Bonchev–Trinajstić information content (AvgIpc) is 3.09. The van der Waals surface area contributed by atoms with Crippen molar-refractivity contribution in [2.24, 2.45) is 5.92 Å². The lowest BCUT2D eigenvalue weighted by Crippen LogP contribution is -2.57. The zero-order valence-electron chi connectivity index (χ0n) is 18.2. The molecule has 0 aliphatic carbocycles. The number of likely N-dealkylation sites (tertiary alicyclic amines) is 1. The lowest BCUT2D eigenvalue weighted by atomic mass is 9.85. The zero-order chi connectivity index (χ0) is 21.5. The maximum Gasteiger partial charge on any atom is 0.277 e. The Labute approximate surface area is 181 Å². The van der Waals surface area contributed by atoms with Crippen LogP contribution in [0.15, 0.2) is 24.8 Å². The van der Waals surface area contributed by atoms with Crippen molar-refractivity contribution < 1.29 is 4.79 Å². The summed E-state index contributed by atoms with van der Waals surface area (Å²) in [5.74, 6) is 1.65. The van der Waals surface area contributed by atoms with Crippen LogP contribution in [0.2, 0.25) is 0 Å². The van der Waals surface area contributed by atoms with Crippen LogP contribution in [0.5, 0.6) is 0 Å². The van der Waals surface area contributed by atoms with E-state index in [2.05, 4.69) is 42.1 Å². The van der Waals surface area contributed by atoms with E-state index in [1.165, 1.54) is 32.0 Å². The number of imidazole rings is 1. The van der Waals surface area contributed by atoms with E-state index in [0.29, 0.717) is 17.8 Å². The van der Waals surface area contributed by atoms with E-state index in [-0.39, 0.29) is 11.6 Å². The van der Waals surface area contributed by atoms with Gasteiger partial charge in [-0.2, -0.15) is 0 Å². The van der Waals surface area contributed by atoms with E-state index in [0.717, 1.165) is 35.9 Å². The first-order chi connectivity index (χ1) is 15.0. The minimum absolute atomic E-state index is 0.272. The summed E-state index contributed by atoms with van der Waals surface area (Å²) in [7, 11) is 2.24. The number of rotatable bonds is 4. The largest absolute Gasteiger partial charge is 0.355 e. The molecule has 1 N–H and O–H groups in total. The number of carbonyl (C=O) groups is 1. The Hall–Kier alpha value is -3.07. The van der Waals surface area contributed by atoms with Crippen molar-refractivity contribution >= 4 is 23.2 Å². The molecule has 162 valence electrons. The van der Waals surface area contributed by atoms with Gasteiger partial charge in [0.2, 0.25) is 0 Å². The van der Waals surface area contributed by atoms with Gasteiger partial charge in [-0.3, -0.25) is 4.79 Å². The predicted octanol–water partition coefficient (Wildman–Crippen LogP) is 2.31. The number of nitrogens with one attached hydrogen (secondary N) is 1. The second-order valence-corrected chi connectivity index (χ2v) is 8.75. The van der Waals surface area contributed by atoms with Gasteiger partial charge in [0.25, 0.3) is 5.91 Å². The number of anilines is 2. The molecule has 2 fully saturated rings. The summed E-state index contributed by atoms with van der Waals surface area (Å²) in [4.78, 5) is 35.1. The Morgan fingerprint density at radius 3 is 2.68 bits per heavy atom. The molecule has 0 radical (unpaired) electrons. The van der Waals surface area contributed by atoms with Crippen LogP contribution in [0.3, 0.4) is 0 Å². The van der Waals surface area contributed by atoms with Crippen LogP contribution in [-0.2, 0) is 0 Å². The third-order valence-corrected chi connectivity index (χ3v) is 6.44. The van der Waals surface area contributed by atoms with E-state index >= 15 is 0 Å². The molecule has 9 nitrogen and oxygen atoms in total. The molecule has 2 saturated heterocycles. The second-order valence-electron chi connectivity index (χ2n) is 8.75. The third-order valence-electron chi connectivity index (χ3n) is 6.44. The molecule has 1 amide bonds. The minimum atomic E-state index is -0.326. The molecule has 31 heavy (non-hydrogen) atoms. The van der Waals surface area contributed by atoms with Gasteiger partial charge in [-0.05, 0) is 40.3 Å². The molecule has 2 aliphatic heterocycles. The number of nitrogens with zero attached hydrogens (tertiary/aromatic N) is 7. The number of piperidine rings is 1. The highest BCUT2D eigenvalue weighted by Gasteiger charge is 2.37. The minimum Gasteiger partial charge on any atom is -0.355 e. The molecule has 1 unspecified atom stereocenters. The summed E-state index contributed by atoms with van der Waals surface area (Å²) in [6.45, 7) is 7.01. The van der Waals surface area contributed by atoms with Gasteiger partial charge in [-0.25, -0.2) is 19.9 Å². The Balaban J connectivity index is 1.22. The Morgan fingerprint density at radius 2 is 1.94 bits per heavy atom. The summed E-state index contributed by atoms with van der Waals surface area (Å²) < 4.78 is 1.87. The van der Waals surface area contributed by atoms with Gasteiger partial charge < -0.3 is 19.5 Å². The van der Waals surface area contributed by atoms with Crippen molar-refractivity contribution in [2.75, 3.05) is 36.9 Å². The normalized spacial score (nSPS) is 20.1. The summed E-state index contributed by atoms with van der Waals surface area (Å²) in [5, 5.41) is 2.81. The predicted molar refractivity (Wildman–Crippen MR) is 118 cm³/mol. The highest BCUT2D eigenvalue weighted by Crippen LogP contribution is 2.31. The number of hydrogen-bond acceptors (Lipinski definition) is 7. The van der Waals surface area contributed by atoms with Gasteiger partial charge in [-0.15, -0.1) is 0 Å². The van der Waals surface area contributed by atoms with Crippen molar-refractivity contribution in [1.29, 1.82) is 0 Å². The van der Waals surface area contributed by atoms with Crippen molar-refractivity contribution in [2.45, 2.75) is 39.2 Å². The van der Waals surface area contributed by atoms with Crippen molar-refractivity contribution in [1.82, 2.24) is 29.2 Å². The van der Waals surface area contributed by atoms with E-state index < -0.39 is 0 Å². The van der Waals surface area contributed by atoms with E-state index in [1.54, 1.807) is 12.4 Å². The first-order valence-electron chi connectivity index (χ1n) is 10.9. The molecule has 1 atom stereocenters. The van der Waals surface area contributed by atoms with E-state index in [1.807, 2.05) is 24.4 Å². The third kappa shape index (κ3) is 3.85. The van der Waals surface area contributed by atoms with Crippen molar-refractivity contribution in [3.8, 4) is 0 Å². The molecule has 5 heterocycles. The van der Waals surface area contributed by atoms with Crippen LogP contribution in [0.25, 0.3) is 5.65 Å². The van der Waals surface area contributed by atoms with Gasteiger partial charge in [-0.1, -0.05) is 6.42 Å². The van der Waals surface area contributed by atoms with Crippen LogP contribution in [0.1, 0.15) is 41.1 Å². The molecule has 2 aliphatic rings. The summed E-state index contributed by atoms with van der Waals surface area (Å²) in [6, 6.07) is 0.676. The monoisotopic (exact) mass is 420 g/mol. The quantitative estimate of drug-likeness (QED) is 0.692. The Bertz CT molecular complexity index is 1100. The van der Waals surface area contributed by atoms with Crippen LogP contribution < -0.4 is 10.2 Å². The zero-order valence-corrected chi connectivity index (χ0v) is 18.2. The lowest BCUT2D eigenvalue weighted by Gasteiger charge is -2.48. The SMILES string of the molecule is Cc1cn2cc(NC(=O)c3cnc(N4CC(C5CCCCN5C)C4)cn3)nc(C)c2n1. The molecule has 0 spiro atoms. The van der Waals surface area contributed by atoms with E-state index in [4.69, 9.17) is 0 Å². The first kappa shape index (κ1) is 19.9. The fourth-order valence-corrected chi connectivity index (χ4v) is 4.76. The molecule has 0 saturated carbocycles. The summed E-state index contributed by atoms with van der Waals surface area (Å²) in [6.07, 6.45) is 10.8. The van der Waals surface area contributed by atoms with Crippen molar-refractivity contribution in [3.05, 3.63) is 41.9 Å². The number of aromatic nitrogens is 5. The second kappa shape index (κ2) is 7.88. The molecule has 3 aromatic rings. The Kier molecular flexibility index (Phi) is 5.05.